The van der Waals surface area contributed by atoms with Gasteiger partial charge in [0, 0.05) is 13.1 Å². The Morgan fingerprint density at radius 1 is 1.58 bits per heavy atom. The Morgan fingerprint density at radius 3 is 2.74 bits per heavy atom. The van der Waals surface area contributed by atoms with Crippen LogP contribution in [0.1, 0.15) is 19.8 Å². The van der Waals surface area contributed by atoms with Crippen LogP contribution < -0.4 is 15.4 Å². The Bertz CT molecular complexity index is 458. The number of carbonyl (C=O) groups is 2. The van der Waals surface area contributed by atoms with E-state index in [1.807, 2.05) is 6.92 Å². The van der Waals surface area contributed by atoms with Gasteiger partial charge in [0.1, 0.15) is 6.04 Å². The summed E-state index contributed by atoms with van der Waals surface area (Å²) in [5.41, 5.74) is 0. The standard InChI is InChI=1S/C11H18N4O4/c1-4-5-7(10(16)17)12-11(18)13-8-6-9(19-3)15(2)14-8/h6-7H,4-5H2,1-3H3,(H,16,17)(H2,12,13,14,18)/t7-/m0/s1. The maximum atomic E-state index is 11.6. The molecule has 0 aliphatic heterocycles. The van der Waals surface area contributed by atoms with Crippen LogP contribution >= 0.6 is 0 Å². The number of ether oxygens (including phenoxy) is 1. The minimum absolute atomic E-state index is 0.289. The first kappa shape index (κ1) is 14.8. The molecule has 2 amide bonds. The number of nitrogens with zero attached hydrogens (tertiary/aromatic N) is 2. The molecule has 0 saturated carbocycles. The van der Waals surface area contributed by atoms with Crippen LogP contribution in [0.5, 0.6) is 5.88 Å². The van der Waals surface area contributed by atoms with Crippen LogP contribution in [0.25, 0.3) is 0 Å². The average molecular weight is 270 g/mol. The third-order valence-corrected chi connectivity index (χ3v) is 2.47. The maximum absolute atomic E-state index is 11.6. The molecule has 0 fully saturated rings. The van der Waals surface area contributed by atoms with Crippen LogP contribution in [-0.4, -0.2) is 40.0 Å². The van der Waals surface area contributed by atoms with E-state index in [-0.39, 0.29) is 5.82 Å². The van der Waals surface area contributed by atoms with E-state index in [4.69, 9.17) is 9.84 Å². The number of aryl methyl sites for hydroxylation is 1. The van der Waals surface area contributed by atoms with E-state index >= 15 is 0 Å². The number of rotatable bonds is 6. The molecule has 0 radical (unpaired) electrons. The van der Waals surface area contributed by atoms with Crippen molar-refractivity contribution < 1.29 is 19.4 Å². The van der Waals surface area contributed by atoms with Gasteiger partial charge in [0.15, 0.2) is 5.82 Å². The molecule has 3 N–H and O–H groups in total. The van der Waals surface area contributed by atoms with Crippen LogP contribution in [0.3, 0.4) is 0 Å². The number of hydrogen-bond donors (Lipinski definition) is 3. The molecule has 0 unspecified atom stereocenters. The monoisotopic (exact) mass is 270 g/mol. The fraction of sp³-hybridized carbons (Fsp3) is 0.545. The summed E-state index contributed by atoms with van der Waals surface area (Å²) in [6.07, 6.45) is 1.03. The quantitative estimate of drug-likeness (QED) is 0.709. The number of anilines is 1. The summed E-state index contributed by atoms with van der Waals surface area (Å²) >= 11 is 0. The van der Waals surface area contributed by atoms with Crippen molar-refractivity contribution in [3.63, 3.8) is 0 Å². The molecule has 1 heterocycles. The lowest BCUT2D eigenvalue weighted by atomic mass is 10.2. The first-order chi connectivity index (χ1) is 8.97. The Kier molecular flexibility index (Phi) is 5.16. The fourth-order valence-corrected chi connectivity index (χ4v) is 1.56. The van der Waals surface area contributed by atoms with Crippen LogP contribution in [0.2, 0.25) is 0 Å². The summed E-state index contributed by atoms with van der Waals surface area (Å²) in [6, 6.07) is 0.0204. The molecule has 0 aliphatic carbocycles. The van der Waals surface area contributed by atoms with E-state index in [1.54, 1.807) is 7.05 Å². The van der Waals surface area contributed by atoms with Gasteiger partial charge in [-0.15, -0.1) is 0 Å². The van der Waals surface area contributed by atoms with Gasteiger partial charge in [0.2, 0.25) is 5.88 Å². The van der Waals surface area contributed by atoms with Crippen molar-refractivity contribution in [2.24, 2.45) is 7.05 Å². The molecule has 0 aromatic carbocycles. The molecule has 8 heteroatoms. The summed E-state index contributed by atoms with van der Waals surface area (Å²) in [7, 11) is 3.15. The predicted molar refractivity (Wildman–Crippen MR) is 68.2 cm³/mol. The number of nitrogens with one attached hydrogen (secondary N) is 2. The van der Waals surface area contributed by atoms with Gasteiger partial charge in [-0.05, 0) is 6.42 Å². The van der Waals surface area contributed by atoms with Gasteiger partial charge in [0.25, 0.3) is 0 Å². The molecule has 0 bridgehead atoms. The Hall–Kier alpha value is -2.25. The highest BCUT2D eigenvalue weighted by Crippen LogP contribution is 2.14. The van der Waals surface area contributed by atoms with Gasteiger partial charge in [-0.2, -0.15) is 5.10 Å². The highest BCUT2D eigenvalue weighted by molar-refractivity contribution is 5.91. The molecule has 8 nitrogen and oxygen atoms in total. The SMILES string of the molecule is CCC[C@H](NC(=O)Nc1cc(OC)n(C)n1)C(=O)O. The number of aromatic nitrogens is 2. The van der Waals surface area contributed by atoms with Crippen molar-refractivity contribution in [1.29, 1.82) is 0 Å². The molecular weight excluding hydrogens is 252 g/mol. The average Bonchev–Trinajstić information content (AvgIpc) is 2.68. The lowest BCUT2D eigenvalue weighted by Crippen LogP contribution is -2.42. The minimum atomic E-state index is -1.06. The molecule has 19 heavy (non-hydrogen) atoms. The van der Waals surface area contributed by atoms with E-state index < -0.39 is 18.0 Å². The molecule has 1 aromatic rings. The molecule has 106 valence electrons. The summed E-state index contributed by atoms with van der Waals surface area (Å²) in [6.45, 7) is 1.85. The minimum Gasteiger partial charge on any atom is -0.481 e. The van der Waals surface area contributed by atoms with Crippen molar-refractivity contribution >= 4 is 17.8 Å². The number of carboxylic acids is 1. The van der Waals surface area contributed by atoms with E-state index in [2.05, 4.69) is 15.7 Å². The summed E-state index contributed by atoms with van der Waals surface area (Å²) < 4.78 is 6.45. The van der Waals surface area contributed by atoms with E-state index in [9.17, 15) is 9.59 Å². The second-order valence-electron chi connectivity index (χ2n) is 3.97. The van der Waals surface area contributed by atoms with Crippen molar-refractivity contribution in [3.8, 4) is 5.88 Å². The lowest BCUT2D eigenvalue weighted by molar-refractivity contribution is -0.139. The van der Waals surface area contributed by atoms with Gasteiger partial charge in [0.05, 0.1) is 7.11 Å². The topological polar surface area (TPSA) is 105 Å². The third kappa shape index (κ3) is 4.16. The number of carboxylic acid groups (broad SMARTS) is 1. The number of hydrogen-bond acceptors (Lipinski definition) is 4. The second-order valence-corrected chi connectivity index (χ2v) is 3.97. The largest absolute Gasteiger partial charge is 0.481 e. The van der Waals surface area contributed by atoms with E-state index in [0.717, 1.165) is 0 Å². The zero-order valence-corrected chi connectivity index (χ0v) is 11.1. The van der Waals surface area contributed by atoms with Gasteiger partial charge in [-0.3, -0.25) is 5.32 Å². The van der Waals surface area contributed by atoms with E-state index in [0.29, 0.717) is 18.7 Å². The number of amides is 2. The normalized spacial score (nSPS) is 11.7. The van der Waals surface area contributed by atoms with Crippen LogP contribution in [0.15, 0.2) is 6.07 Å². The number of aliphatic carboxylic acids is 1. The van der Waals surface area contributed by atoms with Crippen LogP contribution in [-0.2, 0) is 11.8 Å². The summed E-state index contributed by atoms with van der Waals surface area (Å²) in [5, 5.41) is 17.7. The zero-order chi connectivity index (χ0) is 14.4. The molecule has 1 rings (SSSR count). The van der Waals surface area contributed by atoms with Gasteiger partial charge < -0.3 is 15.2 Å². The number of methoxy groups -OCH3 is 1. The molecule has 1 aromatic heterocycles. The van der Waals surface area contributed by atoms with Crippen molar-refractivity contribution in [3.05, 3.63) is 6.07 Å². The van der Waals surface area contributed by atoms with Gasteiger partial charge in [-0.1, -0.05) is 13.3 Å². The number of urea groups is 1. The molecule has 0 saturated heterocycles. The molecule has 0 spiro atoms. The molecule has 1 atom stereocenters. The third-order valence-electron chi connectivity index (χ3n) is 2.47. The lowest BCUT2D eigenvalue weighted by Gasteiger charge is -2.13. The summed E-state index contributed by atoms with van der Waals surface area (Å²) in [4.78, 5) is 22.5. The Morgan fingerprint density at radius 2 is 2.26 bits per heavy atom. The van der Waals surface area contributed by atoms with Crippen molar-refractivity contribution in [2.75, 3.05) is 12.4 Å². The number of carbonyl (C=O) groups excluding carboxylic acids is 1. The molecular formula is C11H18N4O4. The highest BCUT2D eigenvalue weighted by atomic mass is 16.5. The van der Waals surface area contributed by atoms with Crippen LogP contribution in [0, 0.1) is 0 Å². The summed E-state index contributed by atoms with van der Waals surface area (Å²) in [5.74, 6) is -0.285. The van der Waals surface area contributed by atoms with Gasteiger partial charge in [-0.25, -0.2) is 14.3 Å². The maximum Gasteiger partial charge on any atom is 0.326 e. The van der Waals surface area contributed by atoms with Crippen molar-refractivity contribution in [2.45, 2.75) is 25.8 Å². The highest BCUT2D eigenvalue weighted by Gasteiger charge is 2.19. The Balaban J connectivity index is 2.60. The first-order valence-electron chi connectivity index (χ1n) is 5.86. The zero-order valence-electron chi connectivity index (χ0n) is 11.1. The Labute approximate surface area is 110 Å². The van der Waals surface area contributed by atoms with Crippen LogP contribution in [0.4, 0.5) is 10.6 Å². The predicted octanol–water partition coefficient (Wildman–Crippen LogP) is 0.803. The van der Waals surface area contributed by atoms with E-state index in [1.165, 1.54) is 17.9 Å². The molecule has 0 aliphatic rings. The van der Waals surface area contributed by atoms with Crippen molar-refractivity contribution in [1.82, 2.24) is 15.1 Å². The second kappa shape index (κ2) is 6.62. The first-order valence-corrected chi connectivity index (χ1v) is 5.86. The smallest absolute Gasteiger partial charge is 0.326 e. The fourth-order valence-electron chi connectivity index (χ4n) is 1.56. The van der Waals surface area contributed by atoms with Gasteiger partial charge >= 0.3 is 12.0 Å².